The third-order valence-corrected chi connectivity index (χ3v) is 2.05. The molecule has 62 valence electrons. The van der Waals surface area contributed by atoms with Crippen molar-refractivity contribution in [2.24, 2.45) is 0 Å². The maximum absolute atomic E-state index is 10.5. The number of carboxylic acid groups (broad SMARTS) is 1. The van der Waals surface area contributed by atoms with Crippen molar-refractivity contribution in [3.8, 4) is 0 Å². The van der Waals surface area contributed by atoms with Gasteiger partial charge in [0.1, 0.15) is 0 Å². The van der Waals surface area contributed by atoms with E-state index in [0.29, 0.717) is 0 Å². The van der Waals surface area contributed by atoms with Gasteiger partial charge in [0, 0.05) is 0 Å². The summed E-state index contributed by atoms with van der Waals surface area (Å²) in [6.07, 6.45) is 3.82. The van der Waals surface area contributed by atoms with Crippen molar-refractivity contribution in [1.82, 2.24) is 0 Å². The Labute approximate surface area is 65.3 Å². The molecule has 0 spiro atoms. The van der Waals surface area contributed by atoms with Gasteiger partial charge in [-0.05, 0) is 25.7 Å². The van der Waals surface area contributed by atoms with Crippen LogP contribution in [-0.2, 0) is 4.79 Å². The monoisotopic (exact) mass is 156 g/mol. The highest BCUT2D eigenvalue weighted by Crippen LogP contribution is 2.26. The fraction of sp³-hybridized carbons (Fsp3) is 0.625. The fourth-order valence-electron chi connectivity index (χ4n) is 1.43. The number of rotatable bonds is 2. The summed E-state index contributed by atoms with van der Waals surface area (Å²) in [5.74, 6) is -0.968. The third kappa shape index (κ3) is 1.80. The van der Waals surface area contributed by atoms with Gasteiger partial charge >= 0.3 is 5.97 Å². The van der Waals surface area contributed by atoms with Crippen molar-refractivity contribution < 1.29 is 15.0 Å². The molecule has 0 amide bonds. The zero-order valence-electron chi connectivity index (χ0n) is 6.34. The van der Waals surface area contributed by atoms with E-state index in [9.17, 15) is 4.79 Å². The molecule has 1 fully saturated rings. The van der Waals surface area contributed by atoms with Gasteiger partial charge < -0.3 is 10.2 Å². The van der Waals surface area contributed by atoms with Gasteiger partial charge in [-0.25, -0.2) is 4.79 Å². The Kier molecular flexibility index (Phi) is 2.65. The lowest BCUT2D eigenvalue weighted by Crippen LogP contribution is -2.07. The van der Waals surface area contributed by atoms with Crippen molar-refractivity contribution in [2.45, 2.75) is 25.7 Å². The van der Waals surface area contributed by atoms with Crippen LogP contribution in [0.3, 0.4) is 0 Å². The van der Waals surface area contributed by atoms with Crippen LogP contribution in [0, 0.1) is 0 Å². The first kappa shape index (κ1) is 8.27. The molecule has 0 radical (unpaired) electrons. The van der Waals surface area contributed by atoms with Crippen LogP contribution in [0.5, 0.6) is 0 Å². The normalized spacial score (nSPS) is 17.0. The lowest BCUT2D eigenvalue weighted by molar-refractivity contribution is -0.133. The molecule has 1 aliphatic rings. The van der Waals surface area contributed by atoms with Gasteiger partial charge in [0.05, 0.1) is 12.2 Å². The van der Waals surface area contributed by atoms with E-state index < -0.39 is 5.97 Å². The van der Waals surface area contributed by atoms with Crippen LogP contribution in [0.15, 0.2) is 11.1 Å². The number of allylic oxidation sites excluding steroid dienone is 1. The van der Waals surface area contributed by atoms with E-state index in [4.69, 9.17) is 10.2 Å². The first-order valence-corrected chi connectivity index (χ1v) is 3.80. The predicted octanol–water partition coefficient (Wildman–Crippen LogP) is 0.934. The van der Waals surface area contributed by atoms with Gasteiger partial charge in [-0.3, -0.25) is 0 Å². The van der Waals surface area contributed by atoms with Gasteiger partial charge in [0.25, 0.3) is 0 Å². The molecule has 0 unspecified atom stereocenters. The predicted molar refractivity (Wildman–Crippen MR) is 40.2 cm³/mol. The quantitative estimate of drug-likeness (QED) is 0.585. The maximum atomic E-state index is 10.5. The Hall–Kier alpha value is -0.830. The summed E-state index contributed by atoms with van der Waals surface area (Å²) >= 11 is 0. The lowest BCUT2D eigenvalue weighted by atomic mass is 10.1. The molecular weight excluding hydrogens is 144 g/mol. The number of aliphatic carboxylic acids is 1. The van der Waals surface area contributed by atoms with Gasteiger partial charge in [0.15, 0.2) is 0 Å². The molecule has 1 aliphatic carbocycles. The maximum Gasteiger partial charge on any atom is 0.333 e. The van der Waals surface area contributed by atoms with Crippen LogP contribution in [0.4, 0.5) is 0 Å². The Morgan fingerprint density at radius 2 is 1.91 bits per heavy atom. The van der Waals surface area contributed by atoms with Crippen LogP contribution < -0.4 is 0 Å². The molecule has 0 aliphatic heterocycles. The van der Waals surface area contributed by atoms with Crippen molar-refractivity contribution in [1.29, 1.82) is 0 Å². The molecule has 0 aromatic heterocycles. The van der Waals surface area contributed by atoms with Crippen molar-refractivity contribution in [3.05, 3.63) is 11.1 Å². The van der Waals surface area contributed by atoms with Crippen molar-refractivity contribution in [2.75, 3.05) is 6.61 Å². The summed E-state index contributed by atoms with van der Waals surface area (Å²) in [6.45, 7) is -0.329. The van der Waals surface area contributed by atoms with E-state index in [1.807, 2.05) is 0 Å². The van der Waals surface area contributed by atoms with Gasteiger partial charge in [-0.15, -0.1) is 0 Å². The second kappa shape index (κ2) is 3.53. The average Bonchev–Trinajstić information content (AvgIpc) is 2.40. The fourth-order valence-corrected chi connectivity index (χ4v) is 1.43. The van der Waals surface area contributed by atoms with Crippen LogP contribution >= 0.6 is 0 Å². The molecule has 0 heterocycles. The van der Waals surface area contributed by atoms with Crippen molar-refractivity contribution in [3.63, 3.8) is 0 Å². The highest BCUT2D eigenvalue weighted by Gasteiger charge is 2.16. The minimum Gasteiger partial charge on any atom is -0.478 e. The highest BCUT2D eigenvalue weighted by molar-refractivity contribution is 5.87. The molecule has 3 nitrogen and oxygen atoms in total. The standard InChI is InChI=1S/C8H12O3/c9-5-7(8(10)11)6-3-1-2-4-6/h9H,1-5H2,(H,10,11). The first-order chi connectivity index (χ1) is 5.25. The van der Waals surface area contributed by atoms with Gasteiger partial charge in [-0.1, -0.05) is 5.57 Å². The number of carbonyl (C=O) groups is 1. The molecule has 0 atom stereocenters. The summed E-state index contributed by atoms with van der Waals surface area (Å²) in [5.41, 5.74) is 1.14. The lowest BCUT2D eigenvalue weighted by Gasteiger charge is -2.01. The van der Waals surface area contributed by atoms with Gasteiger partial charge in [-0.2, -0.15) is 0 Å². The Bertz CT molecular complexity index is 186. The zero-order chi connectivity index (χ0) is 8.27. The number of aliphatic hydroxyl groups excluding tert-OH is 1. The highest BCUT2D eigenvalue weighted by atomic mass is 16.4. The number of hydrogen-bond donors (Lipinski definition) is 2. The number of carboxylic acids is 1. The number of hydrogen-bond acceptors (Lipinski definition) is 2. The van der Waals surface area contributed by atoms with Crippen LogP contribution in [0.25, 0.3) is 0 Å². The summed E-state index contributed by atoms with van der Waals surface area (Å²) < 4.78 is 0. The Morgan fingerprint density at radius 3 is 2.27 bits per heavy atom. The van der Waals surface area contributed by atoms with Crippen LogP contribution in [-0.4, -0.2) is 22.8 Å². The van der Waals surface area contributed by atoms with E-state index >= 15 is 0 Å². The van der Waals surface area contributed by atoms with E-state index in [1.165, 1.54) is 0 Å². The van der Waals surface area contributed by atoms with E-state index in [1.54, 1.807) is 0 Å². The molecule has 11 heavy (non-hydrogen) atoms. The van der Waals surface area contributed by atoms with E-state index in [-0.39, 0.29) is 12.2 Å². The molecule has 0 aromatic carbocycles. The minimum atomic E-state index is -0.968. The molecule has 1 rings (SSSR count). The second-order valence-corrected chi connectivity index (χ2v) is 2.75. The largest absolute Gasteiger partial charge is 0.478 e. The van der Waals surface area contributed by atoms with Crippen LogP contribution in [0.2, 0.25) is 0 Å². The molecular formula is C8H12O3. The molecule has 0 bridgehead atoms. The second-order valence-electron chi connectivity index (χ2n) is 2.75. The average molecular weight is 156 g/mol. The molecule has 3 heteroatoms. The van der Waals surface area contributed by atoms with Crippen LogP contribution in [0.1, 0.15) is 25.7 Å². The molecule has 0 aromatic rings. The Morgan fingerprint density at radius 1 is 1.36 bits per heavy atom. The third-order valence-electron chi connectivity index (χ3n) is 2.05. The number of aliphatic hydroxyl groups is 1. The Balaban J connectivity index is 2.78. The summed E-state index contributed by atoms with van der Waals surface area (Å²) in [7, 11) is 0. The van der Waals surface area contributed by atoms with E-state index in [2.05, 4.69) is 0 Å². The summed E-state index contributed by atoms with van der Waals surface area (Å²) in [6, 6.07) is 0. The minimum absolute atomic E-state index is 0.211. The van der Waals surface area contributed by atoms with Gasteiger partial charge in [0.2, 0.25) is 0 Å². The molecule has 0 saturated heterocycles. The SMILES string of the molecule is O=C(O)C(CO)=C1CCCC1. The summed E-state index contributed by atoms with van der Waals surface area (Å²) in [5, 5.41) is 17.3. The zero-order valence-corrected chi connectivity index (χ0v) is 6.34. The molecule has 1 saturated carbocycles. The van der Waals surface area contributed by atoms with E-state index in [0.717, 1.165) is 31.3 Å². The molecule has 2 N–H and O–H groups in total. The topological polar surface area (TPSA) is 57.5 Å². The first-order valence-electron chi connectivity index (χ1n) is 3.80. The van der Waals surface area contributed by atoms with Crippen molar-refractivity contribution >= 4 is 5.97 Å². The smallest absolute Gasteiger partial charge is 0.333 e. The summed E-state index contributed by atoms with van der Waals surface area (Å²) in [4.78, 5) is 10.5.